The van der Waals surface area contributed by atoms with Crippen molar-refractivity contribution in [3.8, 4) is 0 Å². The van der Waals surface area contributed by atoms with Crippen LogP contribution in [0, 0.1) is 6.92 Å². The van der Waals surface area contributed by atoms with Gasteiger partial charge in [-0.05, 0) is 49.1 Å². The third kappa shape index (κ3) is 7.41. The molecule has 2 aromatic carbocycles. The summed E-state index contributed by atoms with van der Waals surface area (Å²) in [5.74, 6) is 0.897. The first kappa shape index (κ1) is 23.3. The average molecular weight is 433 g/mol. The van der Waals surface area contributed by atoms with Gasteiger partial charge in [0, 0.05) is 23.9 Å². The second-order valence-corrected chi connectivity index (χ2v) is 8.46. The van der Waals surface area contributed by atoms with Crippen molar-refractivity contribution in [3.63, 3.8) is 0 Å². The van der Waals surface area contributed by atoms with Crippen molar-refractivity contribution in [2.45, 2.75) is 45.5 Å². The number of amides is 2. The average Bonchev–Trinajstić information content (AvgIpc) is 2.71. The Morgan fingerprint density at radius 1 is 1.17 bits per heavy atom. The Morgan fingerprint density at radius 2 is 1.93 bits per heavy atom. The lowest BCUT2D eigenvalue weighted by atomic mass is 10.1. The van der Waals surface area contributed by atoms with Crippen molar-refractivity contribution in [1.29, 1.82) is 0 Å². The van der Waals surface area contributed by atoms with Gasteiger partial charge >= 0.3 is 0 Å². The van der Waals surface area contributed by atoms with E-state index in [1.165, 1.54) is 11.1 Å². The molecule has 156 valence electrons. The second kappa shape index (κ2) is 11.9. The number of halogens is 1. The lowest BCUT2D eigenvalue weighted by Crippen LogP contribution is -2.48. The molecule has 6 heteroatoms. The summed E-state index contributed by atoms with van der Waals surface area (Å²) in [6, 6.07) is 15.0. The molecule has 0 unspecified atom stereocenters. The first-order valence-corrected chi connectivity index (χ1v) is 11.4. The summed E-state index contributed by atoms with van der Waals surface area (Å²) < 4.78 is 0. The fourth-order valence-corrected chi connectivity index (χ4v) is 4.11. The maximum absolute atomic E-state index is 13.0. The Balaban J connectivity index is 2.07. The molecule has 4 nitrogen and oxygen atoms in total. The lowest BCUT2D eigenvalue weighted by Gasteiger charge is -2.29. The second-order valence-electron chi connectivity index (χ2n) is 7.04. The summed E-state index contributed by atoms with van der Waals surface area (Å²) in [6.07, 6.45) is 0.854. The molecule has 2 rings (SSSR count). The number of rotatable bonds is 10. The van der Waals surface area contributed by atoms with E-state index in [9.17, 15) is 9.59 Å². The minimum atomic E-state index is -0.549. The first-order valence-electron chi connectivity index (χ1n) is 9.86. The van der Waals surface area contributed by atoms with E-state index < -0.39 is 6.04 Å². The molecule has 0 saturated carbocycles. The van der Waals surface area contributed by atoms with Crippen molar-refractivity contribution >= 4 is 35.2 Å². The van der Waals surface area contributed by atoms with Gasteiger partial charge in [-0.3, -0.25) is 9.59 Å². The molecule has 29 heavy (non-hydrogen) atoms. The maximum atomic E-state index is 13.0. The fourth-order valence-electron chi connectivity index (χ4n) is 2.91. The van der Waals surface area contributed by atoms with E-state index in [-0.39, 0.29) is 11.8 Å². The van der Waals surface area contributed by atoms with Crippen molar-refractivity contribution < 1.29 is 9.59 Å². The third-order valence-corrected chi connectivity index (χ3v) is 5.90. The SMILES string of the molecule is CCCNC(=O)[C@H](C)N(Cc1cccc(Cl)c1)C(=O)CSCc1ccccc1C. The summed E-state index contributed by atoms with van der Waals surface area (Å²) in [5, 5.41) is 3.51. The number of carbonyl (C=O) groups is 2. The van der Waals surface area contributed by atoms with Crippen LogP contribution in [0.3, 0.4) is 0 Å². The molecular weight excluding hydrogens is 404 g/mol. The highest BCUT2D eigenvalue weighted by molar-refractivity contribution is 7.99. The quantitative estimate of drug-likeness (QED) is 0.585. The van der Waals surface area contributed by atoms with E-state index in [2.05, 4.69) is 24.4 Å². The summed E-state index contributed by atoms with van der Waals surface area (Å²) in [7, 11) is 0. The van der Waals surface area contributed by atoms with Crippen LogP contribution < -0.4 is 5.32 Å². The third-order valence-electron chi connectivity index (χ3n) is 4.70. The summed E-state index contributed by atoms with van der Waals surface area (Å²) in [6.45, 7) is 6.81. The Morgan fingerprint density at radius 3 is 2.62 bits per heavy atom. The number of nitrogens with one attached hydrogen (secondary N) is 1. The molecular formula is C23H29ClN2O2S. The Kier molecular flexibility index (Phi) is 9.55. The van der Waals surface area contributed by atoms with Gasteiger partial charge in [0.2, 0.25) is 11.8 Å². The zero-order valence-electron chi connectivity index (χ0n) is 17.3. The molecule has 0 aromatic heterocycles. The van der Waals surface area contributed by atoms with Gasteiger partial charge in [0.05, 0.1) is 5.75 Å². The van der Waals surface area contributed by atoms with E-state index in [0.29, 0.717) is 23.9 Å². The topological polar surface area (TPSA) is 49.4 Å². The van der Waals surface area contributed by atoms with Gasteiger partial charge in [-0.2, -0.15) is 0 Å². The summed E-state index contributed by atoms with van der Waals surface area (Å²) in [4.78, 5) is 27.2. The van der Waals surface area contributed by atoms with Crippen LogP contribution in [0.15, 0.2) is 48.5 Å². The zero-order chi connectivity index (χ0) is 21.2. The minimum Gasteiger partial charge on any atom is -0.354 e. The molecule has 0 aliphatic carbocycles. The number of thioether (sulfide) groups is 1. The summed E-state index contributed by atoms with van der Waals surface area (Å²) in [5.41, 5.74) is 3.35. The molecule has 0 saturated heterocycles. The largest absolute Gasteiger partial charge is 0.354 e. The van der Waals surface area contributed by atoms with Crippen LogP contribution in [0.2, 0.25) is 5.02 Å². The van der Waals surface area contributed by atoms with Gasteiger partial charge in [0.1, 0.15) is 6.04 Å². The van der Waals surface area contributed by atoms with Crippen LogP contribution in [0.5, 0.6) is 0 Å². The Bertz CT molecular complexity index is 828. The molecule has 0 fully saturated rings. The number of aryl methyl sites for hydroxylation is 1. The molecule has 0 radical (unpaired) electrons. The molecule has 0 spiro atoms. The van der Waals surface area contributed by atoms with Crippen molar-refractivity contribution in [3.05, 3.63) is 70.2 Å². The van der Waals surface area contributed by atoms with E-state index in [1.54, 1.807) is 29.7 Å². The van der Waals surface area contributed by atoms with E-state index in [4.69, 9.17) is 11.6 Å². The monoisotopic (exact) mass is 432 g/mol. The molecule has 0 bridgehead atoms. The maximum Gasteiger partial charge on any atom is 0.242 e. The van der Waals surface area contributed by atoms with Crippen molar-refractivity contribution in [2.75, 3.05) is 12.3 Å². The van der Waals surface area contributed by atoms with E-state index in [0.717, 1.165) is 17.7 Å². The fraction of sp³-hybridized carbons (Fsp3) is 0.391. The lowest BCUT2D eigenvalue weighted by molar-refractivity contribution is -0.138. The predicted molar refractivity (Wildman–Crippen MR) is 122 cm³/mol. The molecule has 0 aliphatic heterocycles. The van der Waals surface area contributed by atoms with Gasteiger partial charge in [0.15, 0.2) is 0 Å². The Labute approximate surface area is 183 Å². The number of hydrogen-bond acceptors (Lipinski definition) is 3. The Hall–Kier alpha value is -1.98. The van der Waals surface area contributed by atoms with Crippen LogP contribution >= 0.6 is 23.4 Å². The highest BCUT2D eigenvalue weighted by Crippen LogP contribution is 2.19. The molecule has 2 aromatic rings. The molecule has 2 amide bonds. The number of carbonyl (C=O) groups excluding carboxylic acids is 2. The standard InChI is InChI=1S/C23H29ClN2O2S/c1-4-12-25-23(28)18(3)26(14-19-9-7-11-21(24)13-19)22(27)16-29-15-20-10-6-5-8-17(20)2/h5-11,13,18H,4,12,14-16H2,1-3H3,(H,25,28)/t18-/m0/s1. The zero-order valence-corrected chi connectivity index (χ0v) is 18.9. The first-order chi connectivity index (χ1) is 13.9. The van der Waals surface area contributed by atoms with Crippen molar-refractivity contribution in [1.82, 2.24) is 10.2 Å². The van der Waals surface area contributed by atoms with Crippen LogP contribution in [0.1, 0.15) is 37.0 Å². The molecule has 0 heterocycles. The van der Waals surface area contributed by atoms with Crippen LogP contribution in [-0.2, 0) is 21.9 Å². The molecule has 1 atom stereocenters. The number of nitrogens with zero attached hydrogens (tertiary/aromatic N) is 1. The van der Waals surface area contributed by atoms with E-state index >= 15 is 0 Å². The normalized spacial score (nSPS) is 11.7. The van der Waals surface area contributed by atoms with Gasteiger partial charge in [-0.25, -0.2) is 0 Å². The van der Waals surface area contributed by atoms with Gasteiger partial charge in [-0.15, -0.1) is 11.8 Å². The van der Waals surface area contributed by atoms with Gasteiger partial charge in [0.25, 0.3) is 0 Å². The smallest absolute Gasteiger partial charge is 0.242 e. The predicted octanol–water partition coefficient (Wildman–Crippen LogP) is 4.83. The van der Waals surface area contributed by atoms with Crippen LogP contribution in [-0.4, -0.2) is 35.1 Å². The van der Waals surface area contributed by atoms with E-state index in [1.807, 2.05) is 37.3 Å². The van der Waals surface area contributed by atoms with Crippen LogP contribution in [0.25, 0.3) is 0 Å². The van der Waals surface area contributed by atoms with Crippen LogP contribution in [0.4, 0.5) is 0 Å². The highest BCUT2D eigenvalue weighted by atomic mass is 35.5. The number of hydrogen-bond donors (Lipinski definition) is 1. The molecule has 0 aliphatic rings. The van der Waals surface area contributed by atoms with Gasteiger partial charge < -0.3 is 10.2 Å². The van der Waals surface area contributed by atoms with Crippen molar-refractivity contribution in [2.24, 2.45) is 0 Å². The minimum absolute atomic E-state index is 0.0530. The number of benzene rings is 2. The molecule has 1 N–H and O–H groups in total. The summed E-state index contributed by atoms with van der Waals surface area (Å²) >= 11 is 7.67. The van der Waals surface area contributed by atoms with Gasteiger partial charge in [-0.1, -0.05) is 54.9 Å². The highest BCUT2D eigenvalue weighted by Gasteiger charge is 2.25.